The van der Waals surface area contributed by atoms with Crippen molar-refractivity contribution in [1.82, 2.24) is 9.97 Å². The molecule has 0 saturated carbocycles. The summed E-state index contributed by atoms with van der Waals surface area (Å²) in [5, 5.41) is 12.6. The van der Waals surface area contributed by atoms with E-state index in [-0.39, 0.29) is 5.88 Å². The summed E-state index contributed by atoms with van der Waals surface area (Å²) in [6.45, 7) is 0. The van der Waals surface area contributed by atoms with Crippen LogP contribution in [0.5, 0.6) is 5.88 Å². The standard InChI is InChI=1S/C24H19N3O/c1-27(16-9-3-2-4-10-16)22-15-21(25-19-13-7-5-11-17(19)22)23-18-12-6-8-14-20(18)26-24(23)28/h2-15,26,28H,1H3. The van der Waals surface area contributed by atoms with Gasteiger partial charge in [-0.1, -0.05) is 54.6 Å². The number of nitrogens with one attached hydrogen (secondary N) is 1. The highest BCUT2D eigenvalue weighted by molar-refractivity contribution is 6.02. The lowest BCUT2D eigenvalue weighted by molar-refractivity contribution is 0.460. The lowest BCUT2D eigenvalue weighted by Crippen LogP contribution is -2.10. The third kappa shape index (κ3) is 2.58. The molecule has 0 aliphatic heterocycles. The molecule has 5 aromatic rings. The Labute approximate surface area is 162 Å². The molecule has 5 rings (SSSR count). The molecule has 28 heavy (non-hydrogen) atoms. The molecule has 0 spiro atoms. The van der Waals surface area contributed by atoms with Gasteiger partial charge in [0.15, 0.2) is 5.88 Å². The number of H-pyrrole nitrogens is 1. The van der Waals surface area contributed by atoms with Crippen LogP contribution in [-0.4, -0.2) is 22.1 Å². The van der Waals surface area contributed by atoms with Gasteiger partial charge in [0.1, 0.15) is 0 Å². The highest BCUT2D eigenvalue weighted by Crippen LogP contribution is 2.39. The first-order chi connectivity index (χ1) is 13.7. The average molecular weight is 365 g/mol. The molecule has 2 aromatic heterocycles. The van der Waals surface area contributed by atoms with E-state index in [0.29, 0.717) is 0 Å². The Morgan fingerprint density at radius 2 is 1.50 bits per heavy atom. The molecule has 0 aliphatic carbocycles. The van der Waals surface area contributed by atoms with Crippen LogP contribution in [-0.2, 0) is 0 Å². The van der Waals surface area contributed by atoms with Crippen LogP contribution in [0.25, 0.3) is 33.1 Å². The smallest absolute Gasteiger partial charge is 0.199 e. The molecule has 0 aliphatic rings. The van der Waals surface area contributed by atoms with E-state index in [1.54, 1.807) is 0 Å². The number of fused-ring (bicyclic) bond motifs is 2. The number of rotatable bonds is 3. The molecule has 0 bridgehead atoms. The van der Waals surface area contributed by atoms with E-state index in [4.69, 9.17) is 4.98 Å². The third-order valence-electron chi connectivity index (χ3n) is 5.14. The summed E-state index contributed by atoms with van der Waals surface area (Å²) in [5.41, 5.74) is 5.38. The lowest BCUT2D eigenvalue weighted by Gasteiger charge is -2.22. The van der Waals surface area contributed by atoms with Gasteiger partial charge in [-0.15, -0.1) is 0 Å². The van der Waals surface area contributed by atoms with E-state index in [1.165, 1.54) is 0 Å². The molecule has 0 radical (unpaired) electrons. The molecule has 0 fully saturated rings. The quantitative estimate of drug-likeness (QED) is 0.421. The molecule has 4 heteroatoms. The van der Waals surface area contributed by atoms with Crippen molar-refractivity contribution in [2.24, 2.45) is 0 Å². The Morgan fingerprint density at radius 1 is 0.821 bits per heavy atom. The number of pyridine rings is 1. The maximum Gasteiger partial charge on any atom is 0.199 e. The van der Waals surface area contributed by atoms with Crippen molar-refractivity contribution in [1.29, 1.82) is 0 Å². The molecule has 0 unspecified atom stereocenters. The van der Waals surface area contributed by atoms with Gasteiger partial charge in [0.05, 0.1) is 22.5 Å². The highest BCUT2D eigenvalue weighted by Gasteiger charge is 2.18. The van der Waals surface area contributed by atoms with Gasteiger partial charge in [-0.05, 0) is 30.3 Å². The number of aromatic hydroxyl groups is 1. The number of para-hydroxylation sites is 3. The molecule has 136 valence electrons. The van der Waals surface area contributed by atoms with Gasteiger partial charge >= 0.3 is 0 Å². The second-order valence-corrected chi connectivity index (χ2v) is 6.83. The average Bonchev–Trinajstić information content (AvgIpc) is 3.08. The minimum absolute atomic E-state index is 0.136. The van der Waals surface area contributed by atoms with Crippen LogP contribution in [0.15, 0.2) is 84.9 Å². The van der Waals surface area contributed by atoms with Crippen LogP contribution in [0, 0.1) is 0 Å². The first kappa shape index (κ1) is 16.4. The number of nitrogens with zero attached hydrogens (tertiary/aromatic N) is 2. The molecule has 0 amide bonds. The SMILES string of the molecule is CN(c1ccccc1)c1cc(-c2c(O)[nH]c3ccccc23)nc2ccccc12. The van der Waals surface area contributed by atoms with Crippen molar-refractivity contribution >= 4 is 33.2 Å². The second kappa shape index (κ2) is 6.43. The zero-order valence-electron chi connectivity index (χ0n) is 15.4. The minimum atomic E-state index is 0.136. The van der Waals surface area contributed by atoms with Crippen LogP contribution in [0.4, 0.5) is 11.4 Å². The number of hydrogen-bond acceptors (Lipinski definition) is 3. The predicted octanol–water partition coefficient (Wildman–Crippen LogP) is 5.86. The summed E-state index contributed by atoms with van der Waals surface area (Å²) in [4.78, 5) is 10.1. The molecular formula is C24H19N3O. The Hall–Kier alpha value is -3.79. The molecule has 0 saturated heterocycles. The maximum atomic E-state index is 10.6. The zero-order chi connectivity index (χ0) is 19.1. The zero-order valence-corrected chi connectivity index (χ0v) is 15.4. The van der Waals surface area contributed by atoms with Crippen LogP contribution in [0.3, 0.4) is 0 Å². The number of aromatic amines is 1. The van der Waals surface area contributed by atoms with Crippen LogP contribution in [0.1, 0.15) is 0 Å². The monoisotopic (exact) mass is 365 g/mol. The van der Waals surface area contributed by atoms with E-state index in [9.17, 15) is 5.11 Å². The van der Waals surface area contributed by atoms with Gasteiger partial charge in [-0.25, -0.2) is 4.98 Å². The van der Waals surface area contributed by atoms with Crippen molar-refractivity contribution in [2.45, 2.75) is 0 Å². The summed E-state index contributed by atoms with van der Waals surface area (Å²) in [5.74, 6) is 0.136. The fourth-order valence-corrected chi connectivity index (χ4v) is 3.74. The van der Waals surface area contributed by atoms with E-state index in [0.717, 1.165) is 44.4 Å². The summed E-state index contributed by atoms with van der Waals surface area (Å²) in [7, 11) is 2.05. The van der Waals surface area contributed by atoms with E-state index in [1.807, 2.05) is 66.7 Å². The normalized spacial score (nSPS) is 11.2. The fourth-order valence-electron chi connectivity index (χ4n) is 3.74. The number of anilines is 2. The third-order valence-corrected chi connectivity index (χ3v) is 5.14. The molecule has 0 atom stereocenters. The largest absolute Gasteiger partial charge is 0.494 e. The Morgan fingerprint density at radius 3 is 2.32 bits per heavy atom. The number of benzene rings is 3. The second-order valence-electron chi connectivity index (χ2n) is 6.83. The van der Waals surface area contributed by atoms with Crippen molar-refractivity contribution < 1.29 is 5.11 Å². The predicted molar refractivity (Wildman–Crippen MR) is 115 cm³/mol. The van der Waals surface area contributed by atoms with Gasteiger partial charge < -0.3 is 15.0 Å². The van der Waals surface area contributed by atoms with Crippen molar-refractivity contribution in [3.8, 4) is 17.1 Å². The van der Waals surface area contributed by atoms with Crippen molar-refractivity contribution in [3.63, 3.8) is 0 Å². The lowest BCUT2D eigenvalue weighted by atomic mass is 10.1. The van der Waals surface area contributed by atoms with Gasteiger partial charge in [-0.2, -0.15) is 0 Å². The first-order valence-electron chi connectivity index (χ1n) is 9.21. The summed E-state index contributed by atoms with van der Waals surface area (Å²) in [6.07, 6.45) is 0. The van der Waals surface area contributed by atoms with Crippen molar-refractivity contribution in [2.75, 3.05) is 11.9 Å². The summed E-state index contributed by atoms with van der Waals surface area (Å²) < 4.78 is 0. The molecule has 2 heterocycles. The maximum absolute atomic E-state index is 10.6. The topological polar surface area (TPSA) is 52.1 Å². The molecule has 3 aromatic carbocycles. The number of aromatic nitrogens is 2. The molecular weight excluding hydrogens is 346 g/mol. The summed E-state index contributed by atoms with van der Waals surface area (Å²) in [6, 6.07) is 28.2. The Bertz CT molecular complexity index is 1290. The van der Waals surface area contributed by atoms with Crippen molar-refractivity contribution in [3.05, 3.63) is 84.9 Å². The van der Waals surface area contributed by atoms with Crippen LogP contribution < -0.4 is 4.90 Å². The van der Waals surface area contributed by atoms with Gasteiger partial charge in [-0.3, -0.25) is 0 Å². The first-order valence-corrected chi connectivity index (χ1v) is 9.21. The Balaban J connectivity index is 1.79. The molecule has 4 nitrogen and oxygen atoms in total. The minimum Gasteiger partial charge on any atom is -0.494 e. The van der Waals surface area contributed by atoms with Crippen LogP contribution in [0.2, 0.25) is 0 Å². The van der Waals surface area contributed by atoms with Gasteiger partial charge in [0, 0.05) is 29.0 Å². The van der Waals surface area contributed by atoms with Gasteiger partial charge in [0.25, 0.3) is 0 Å². The van der Waals surface area contributed by atoms with E-state index >= 15 is 0 Å². The van der Waals surface area contributed by atoms with Crippen LogP contribution >= 0.6 is 0 Å². The van der Waals surface area contributed by atoms with E-state index in [2.05, 4.69) is 35.1 Å². The summed E-state index contributed by atoms with van der Waals surface area (Å²) >= 11 is 0. The Kier molecular flexibility index (Phi) is 3.76. The molecule has 2 N–H and O–H groups in total. The highest BCUT2D eigenvalue weighted by atomic mass is 16.3. The van der Waals surface area contributed by atoms with E-state index < -0.39 is 0 Å². The number of hydrogen-bond donors (Lipinski definition) is 2. The fraction of sp³-hybridized carbons (Fsp3) is 0.0417. The van der Waals surface area contributed by atoms with Gasteiger partial charge in [0.2, 0.25) is 0 Å².